The van der Waals surface area contributed by atoms with Gasteiger partial charge >= 0.3 is 0 Å². The molecule has 1 aromatic carbocycles. The lowest BCUT2D eigenvalue weighted by Crippen LogP contribution is -2.25. The number of thioether (sulfide) groups is 1. The van der Waals surface area contributed by atoms with Crippen LogP contribution in [0.15, 0.2) is 35.2 Å². The first-order valence-electron chi connectivity index (χ1n) is 6.74. The summed E-state index contributed by atoms with van der Waals surface area (Å²) in [4.78, 5) is 1.24. The van der Waals surface area contributed by atoms with Crippen molar-refractivity contribution in [3.63, 3.8) is 0 Å². The maximum Gasteiger partial charge on any atom is 0.165 e. The molecule has 1 heterocycles. The standard InChI is InChI=1S/C15H22O3S/c1-15(17-11-12-18-15)10-6-9-14(16-2)19-13-7-4-3-5-8-13/h3-5,7-8,14H,6,9-12H2,1-2H3. The van der Waals surface area contributed by atoms with E-state index in [0.29, 0.717) is 13.2 Å². The zero-order valence-electron chi connectivity index (χ0n) is 11.6. The molecular formula is C15H22O3S. The predicted octanol–water partition coefficient (Wildman–Crippen LogP) is 3.68. The molecule has 3 nitrogen and oxygen atoms in total. The van der Waals surface area contributed by atoms with Crippen molar-refractivity contribution in [1.82, 2.24) is 0 Å². The molecule has 0 bridgehead atoms. The smallest absolute Gasteiger partial charge is 0.165 e. The van der Waals surface area contributed by atoms with Gasteiger partial charge in [0.1, 0.15) is 5.44 Å². The van der Waals surface area contributed by atoms with Gasteiger partial charge in [0.15, 0.2) is 5.79 Å². The molecule has 1 atom stereocenters. The average Bonchev–Trinajstić information content (AvgIpc) is 2.86. The van der Waals surface area contributed by atoms with Gasteiger partial charge in [0, 0.05) is 18.4 Å². The quantitative estimate of drug-likeness (QED) is 0.563. The second-order valence-corrected chi connectivity index (χ2v) is 6.05. The van der Waals surface area contributed by atoms with Crippen molar-refractivity contribution in [1.29, 1.82) is 0 Å². The monoisotopic (exact) mass is 282 g/mol. The van der Waals surface area contributed by atoms with Gasteiger partial charge in [0.2, 0.25) is 0 Å². The van der Waals surface area contributed by atoms with Crippen LogP contribution in [-0.2, 0) is 14.2 Å². The van der Waals surface area contributed by atoms with Crippen molar-refractivity contribution in [2.75, 3.05) is 20.3 Å². The minimum absolute atomic E-state index is 0.187. The Bertz CT molecular complexity index is 363. The van der Waals surface area contributed by atoms with E-state index in [2.05, 4.69) is 24.3 Å². The summed E-state index contributed by atoms with van der Waals surface area (Å²) in [6.07, 6.45) is 2.95. The fourth-order valence-corrected chi connectivity index (χ4v) is 3.17. The van der Waals surface area contributed by atoms with Crippen molar-refractivity contribution in [3.05, 3.63) is 30.3 Å². The summed E-state index contributed by atoms with van der Waals surface area (Å²) in [6, 6.07) is 10.4. The minimum Gasteiger partial charge on any atom is -0.370 e. The Hall–Kier alpha value is -0.550. The predicted molar refractivity (Wildman–Crippen MR) is 77.3 cm³/mol. The van der Waals surface area contributed by atoms with E-state index in [1.165, 1.54) is 4.90 Å². The Morgan fingerprint density at radius 3 is 2.58 bits per heavy atom. The number of hydrogen-bond acceptors (Lipinski definition) is 4. The highest BCUT2D eigenvalue weighted by Gasteiger charge is 2.30. The summed E-state index contributed by atoms with van der Waals surface area (Å²) in [7, 11) is 1.77. The Balaban J connectivity index is 1.73. The molecule has 1 saturated heterocycles. The van der Waals surface area contributed by atoms with Crippen molar-refractivity contribution in [2.24, 2.45) is 0 Å². The number of hydrogen-bond donors (Lipinski definition) is 0. The van der Waals surface area contributed by atoms with Crippen LogP contribution >= 0.6 is 11.8 Å². The molecule has 1 aliphatic heterocycles. The van der Waals surface area contributed by atoms with E-state index >= 15 is 0 Å². The zero-order chi connectivity index (χ0) is 13.6. The van der Waals surface area contributed by atoms with Gasteiger partial charge in [-0.25, -0.2) is 0 Å². The van der Waals surface area contributed by atoms with Crippen LogP contribution in [0.1, 0.15) is 26.2 Å². The molecule has 1 aliphatic rings. The van der Waals surface area contributed by atoms with Crippen molar-refractivity contribution in [2.45, 2.75) is 42.3 Å². The Kier molecular flexibility index (Phi) is 5.70. The first kappa shape index (κ1) is 14.9. The molecule has 1 fully saturated rings. The van der Waals surface area contributed by atoms with Crippen molar-refractivity contribution >= 4 is 11.8 Å². The second kappa shape index (κ2) is 7.29. The van der Waals surface area contributed by atoms with E-state index < -0.39 is 0 Å². The Labute approximate surface area is 119 Å². The van der Waals surface area contributed by atoms with Crippen LogP contribution in [0.25, 0.3) is 0 Å². The van der Waals surface area contributed by atoms with Gasteiger partial charge in [-0.2, -0.15) is 0 Å². The molecule has 2 rings (SSSR count). The average molecular weight is 282 g/mol. The maximum atomic E-state index is 5.60. The number of ether oxygens (including phenoxy) is 3. The molecule has 0 amide bonds. The van der Waals surface area contributed by atoms with E-state index in [0.717, 1.165) is 19.3 Å². The van der Waals surface area contributed by atoms with Gasteiger partial charge in [-0.05, 0) is 31.9 Å². The normalized spacial score (nSPS) is 19.5. The number of rotatable bonds is 7. The maximum absolute atomic E-state index is 5.60. The molecule has 0 saturated carbocycles. The van der Waals surface area contributed by atoms with E-state index in [4.69, 9.17) is 14.2 Å². The molecule has 1 aromatic rings. The van der Waals surface area contributed by atoms with Crippen molar-refractivity contribution < 1.29 is 14.2 Å². The molecule has 0 spiro atoms. The van der Waals surface area contributed by atoms with Gasteiger partial charge in [0.05, 0.1) is 13.2 Å². The first-order valence-corrected chi connectivity index (χ1v) is 7.62. The topological polar surface area (TPSA) is 27.7 Å². The lowest BCUT2D eigenvalue weighted by atomic mass is 10.1. The van der Waals surface area contributed by atoms with E-state index in [-0.39, 0.29) is 11.2 Å². The molecular weight excluding hydrogens is 260 g/mol. The highest BCUT2D eigenvalue weighted by Crippen LogP contribution is 2.30. The van der Waals surface area contributed by atoms with Crippen LogP contribution in [-0.4, -0.2) is 31.5 Å². The summed E-state index contributed by atoms with van der Waals surface area (Å²) in [5.41, 5.74) is 0.187. The second-order valence-electron chi connectivity index (χ2n) is 4.82. The largest absolute Gasteiger partial charge is 0.370 e. The zero-order valence-corrected chi connectivity index (χ0v) is 12.4. The minimum atomic E-state index is -0.379. The lowest BCUT2D eigenvalue weighted by Gasteiger charge is -2.23. The van der Waals surface area contributed by atoms with Crippen LogP contribution in [0, 0.1) is 0 Å². The molecule has 4 heteroatoms. The first-order chi connectivity index (χ1) is 9.22. The Morgan fingerprint density at radius 2 is 1.95 bits per heavy atom. The third-order valence-corrected chi connectivity index (χ3v) is 4.48. The molecule has 1 unspecified atom stereocenters. The fraction of sp³-hybridized carbons (Fsp3) is 0.600. The molecule has 19 heavy (non-hydrogen) atoms. The highest BCUT2D eigenvalue weighted by molar-refractivity contribution is 7.99. The number of benzene rings is 1. The van der Waals surface area contributed by atoms with Crippen LogP contribution < -0.4 is 0 Å². The molecule has 0 radical (unpaired) electrons. The summed E-state index contributed by atoms with van der Waals surface area (Å²) in [6.45, 7) is 3.44. The van der Waals surface area contributed by atoms with Gasteiger partial charge in [-0.1, -0.05) is 30.0 Å². The molecule has 106 valence electrons. The molecule has 0 aromatic heterocycles. The SMILES string of the molecule is COC(CCCC1(C)OCCO1)Sc1ccccc1. The molecule has 0 aliphatic carbocycles. The van der Waals surface area contributed by atoms with Gasteiger partial charge in [0.25, 0.3) is 0 Å². The van der Waals surface area contributed by atoms with E-state index in [1.807, 2.05) is 13.0 Å². The highest BCUT2D eigenvalue weighted by atomic mass is 32.2. The van der Waals surface area contributed by atoms with Gasteiger partial charge < -0.3 is 14.2 Å². The number of methoxy groups -OCH3 is 1. The van der Waals surface area contributed by atoms with Crippen LogP contribution in [0.3, 0.4) is 0 Å². The lowest BCUT2D eigenvalue weighted by molar-refractivity contribution is -0.148. The van der Waals surface area contributed by atoms with E-state index in [1.54, 1.807) is 18.9 Å². The third-order valence-electron chi connectivity index (χ3n) is 3.24. The van der Waals surface area contributed by atoms with E-state index in [9.17, 15) is 0 Å². The summed E-state index contributed by atoms with van der Waals surface area (Å²) in [5.74, 6) is -0.379. The van der Waals surface area contributed by atoms with Crippen LogP contribution in [0.5, 0.6) is 0 Å². The van der Waals surface area contributed by atoms with Crippen LogP contribution in [0.2, 0.25) is 0 Å². The van der Waals surface area contributed by atoms with Gasteiger partial charge in [-0.3, -0.25) is 0 Å². The Morgan fingerprint density at radius 1 is 1.26 bits per heavy atom. The summed E-state index contributed by atoms with van der Waals surface area (Å²) >= 11 is 1.77. The third kappa shape index (κ3) is 4.80. The van der Waals surface area contributed by atoms with Gasteiger partial charge in [-0.15, -0.1) is 0 Å². The van der Waals surface area contributed by atoms with Crippen LogP contribution in [0.4, 0.5) is 0 Å². The van der Waals surface area contributed by atoms with Crippen molar-refractivity contribution in [3.8, 4) is 0 Å². The summed E-state index contributed by atoms with van der Waals surface area (Å²) in [5, 5.41) is 0. The fourth-order valence-electron chi connectivity index (χ4n) is 2.17. The summed E-state index contributed by atoms with van der Waals surface area (Å²) < 4.78 is 16.7. The molecule has 0 N–H and O–H groups in total.